The molecular weight excluding hydrogens is 556 g/mol. The Bertz CT molecular complexity index is 1530. The lowest BCUT2D eigenvalue weighted by atomic mass is 9.47. The molecule has 1 aromatic carbocycles. The number of esters is 1. The number of rotatable bonds is 5. The van der Waals surface area contributed by atoms with Gasteiger partial charge in [0.05, 0.1) is 30.5 Å². The molecule has 0 radical (unpaired) electrons. The van der Waals surface area contributed by atoms with E-state index in [2.05, 4.69) is 36.3 Å². The molecule has 5 aliphatic rings. The molecule has 1 atom stereocenters. The van der Waals surface area contributed by atoms with Gasteiger partial charge >= 0.3 is 5.97 Å². The van der Waals surface area contributed by atoms with E-state index in [4.69, 9.17) is 14.7 Å². The molecule has 3 aromatic rings. The normalized spacial score (nSPS) is 28.3. The Morgan fingerprint density at radius 2 is 1.77 bits per heavy atom. The predicted octanol–water partition coefficient (Wildman–Crippen LogP) is 3.67. The first-order valence-corrected chi connectivity index (χ1v) is 16.0. The van der Waals surface area contributed by atoms with Gasteiger partial charge in [-0.05, 0) is 73.6 Å². The molecule has 0 unspecified atom stereocenters. The highest BCUT2D eigenvalue weighted by atomic mass is 16.5. The average Bonchev–Trinajstić information content (AvgIpc) is 3.03. The van der Waals surface area contributed by atoms with Crippen LogP contribution in [-0.4, -0.2) is 94.6 Å². The minimum absolute atomic E-state index is 0.0509. The first-order chi connectivity index (χ1) is 21.5. The van der Waals surface area contributed by atoms with E-state index in [0.29, 0.717) is 34.7 Å². The van der Waals surface area contributed by atoms with E-state index >= 15 is 0 Å². The van der Waals surface area contributed by atoms with Crippen LogP contribution in [0, 0.1) is 11.3 Å². The molecule has 11 heteroatoms. The predicted molar refractivity (Wildman–Crippen MR) is 167 cm³/mol. The van der Waals surface area contributed by atoms with E-state index in [1.165, 1.54) is 12.7 Å². The second-order valence-corrected chi connectivity index (χ2v) is 13.5. The Kier molecular flexibility index (Phi) is 6.81. The molecule has 5 heterocycles. The van der Waals surface area contributed by atoms with Crippen molar-refractivity contribution in [3.05, 3.63) is 48.3 Å². The topological polar surface area (TPSA) is 120 Å². The fourth-order valence-corrected chi connectivity index (χ4v) is 8.48. The summed E-state index contributed by atoms with van der Waals surface area (Å²) in [6, 6.07) is 10.3. The van der Waals surface area contributed by atoms with Crippen LogP contribution >= 0.6 is 0 Å². The van der Waals surface area contributed by atoms with Crippen LogP contribution in [0.4, 0.5) is 17.5 Å². The summed E-state index contributed by atoms with van der Waals surface area (Å²) in [6.45, 7) is 5.76. The number of aromatic nitrogens is 4. The van der Waals surface area contributed by atoms with Crippen molar-refractivity contribution in [2.45, 2.75) is 56.5 Å². The van der Waals surface area contributed by atoms with Crippen LogP contribution in [0.5, 0.6) is 5.75 Å². The van der Waals surface area contributed by atoms with Gasteiger partial charge < -0.3 is 25.0 Å². The molecule has 3 aliphatic heterocycles. The summed E-state index contributed by atoms with van der Waals surface area (Å²) in [4.78, 5) is 28.8. The first kappa shape index (κ1) is 27.6. The smallest absolute Gasteiger partial charge is 0.308 e. The largest absolute Gasteiger partial charge is 0.507 e. The Hall–Kier alpha value is -3.99. The van der Waals surface area contributed by atoms with Gasteiger partial charge in [-0.1, -0.05) is 12.1 Å². The molecule has 2 saturated heterocycles. The number of phenolic OH excluding ortho intramolecular Hbond substituents is 1. The van der Waals surface area contributed by atoms with E-state index in [0.717, 1.165) is 95.2 Å². The molecule has 4 fully saturated rings. The van der Waals surface area contributed by atoms with Gasteiger partial charge in [-0.3, -0.25) is 9.69 Å². The van der Waals surface area contributed by atoms with Crippen molar-refractivity contribution in [3.8, 4) is 17.0 Å². The Labute approximate surface area is 257 Å². The van der Waals surface area contributed by atoms with Gasteiger partial charge in [0.25, 0.3) is 0 Å². The molecule has 2 N–H and O–H groups in total. The van der Waals surface area contributed by atoms with E-state index in [1.807, 2.05) is 30.6 Å². The maximum atomic E-state index is 11.8. The van der Waals surface area contributed by atoms with Gasteiger partial charge in [-0.25, -0.2) is 9.97 Å². The fourth-order valence-electron chi connectivity index (χ4n) is 8.48. The van der Waals surface area contributed by atoms with Crippen LogP contribution in [-0.2, 0) is 9.53 Å². The van der Waals surface area contributed by atoms with Crippen molar-refractivity contribution in [1.29, 1.82) is 0 Å². The minimum Gasteiger partial charge on any atom is -0.507 e. The summed E-state index contributed by atoms with van der Waals surface area (Å²) in [7, 11) is 1.48. The summed E-state index contributed by atoms with van der Waals surface area (Å²) in [6.07, 6.45) is 10.5. The van der Waals surface area contributed by atoms with Crippen LogP contribution in [0.1, 0.15) is 50.0 Å². The summed E-state index contributed by atoms with van der Waals surface area (Å²) in [5.41, 5.74) is 4.04. The molecule has 2 saturated carbocycles. The number of piperidine rings is 1. The number of fused-ring (bicyclic) bond motifs is 3. The molecule has 8 rings (SSSR count). The summed E-state index contributed by atoms with van der Waals surface area (Å²) < 4.78 is 4.91. The lowest BCUT2D eigenvalue weighted by molar-refractivity contribution is -0.159. The van der Waals surface area contributed by atoms with Crippen LogP contribution in [0.15, 0.2) is 42.7 Å². The van der Waals surface area contributed by atoms with Crippen molar-refractivity contribution in [3.63, 3.8) is 0 Å². The quantitative estimate of drug-likeness (QED) is 0.420. The number of nitrogens with one attached hydrogen (secondary N) is 1. The molecule has 2 aromatic heterocycles. The van der Waals surface area contributed by atoms with Crippen molar-refractivity contribution in [1.82, 2.24) is 25.1 Å². The number of aromatic hydroxyl groups is 1. The molecule has 0 bridgehead atoms. The number of benzene rings is 1. The van der Waals surface area contributed by atoms with Crippen LogP contribution in [0.25, 0.3) is 11.3 Å². The number of nitrogens with zero attached hydrogens (tertiary/aromatic N) is 7. The number of phenols is 1. The SMILES string of the molecule is COC(=O)C1CC2(C1)CC(c1cnc(N3CCC(N4CCN5c6cc(-c7ccccc7O)nnc6NC[C@H]5C4)CC3)nc1)C2. The van der Waals surface area contributed by atoms with Gasteiger partial charge in [-0.2, -0.15) is 0 Å². The average molecular weight is 597 g/mol. The third-order valence-electron chi connectivity index (χ3n) is 10.9. The van der Waals surface area contributed by atoms with Crippen LogP contribution in [0.2, 0.25) is 0 Å². The second-order valence-electron chi connectivity index (χ2n) is 13.5. The molecule has 0 amide bonds. The summed E-state index contributed by atoms with van der Waals surface area (Å²) in [5.74, 6) is 2.44. The second kappa shape index (κ2) is 10.9. The summed E-state index contributed by atoms with van der Waals surface area (Å²) in [5, 5.41) is 22.7. The number of para-hydroxylation sites is 1. The Morgan fingerprint density at radius 3 is 2.52 bits per heavy atom. The van der Waals surface area contributed by atoms with Gasteiger partial charge in [0, 0.05) is 63.3 Å². The number of carbonyl (C=O) groups excluding carboxylic acids is 1. The lowest BCUT2D eigenvalue weighted by Gasteiger charge is -2.57. The fraction of sp³-hybridized carbons (Fsp3) is 0.545. The number of ether oxygens (including phenoxy) is 1. The maximum Gasteiger partial charge on any atom is 0.308 e. The number of anilines is 3. The first-order valence-electron chi connectivity index (χ1n) is 16.0. The summed E-state index contributed by atoms with van der Waals surface area (Å²) >= 11 is 0. The van der Waals surface area contributed by atoms with Gasteiger partial charge in [0.1, 0.15) is 5.75 Å². The number of hydrogen-bond donors (Lipinski definition) is 2. The third-order valence-corrected chi connectivity index (χ3v) is 10.9. The Balaban J connectivity index is 0.844. The number of methoxy groups -OCH3 is 1. The van der Waals surface area contributed by atoms with Crippen LogP contribution < -0.4 is 15.1 Å². The molecule has 11 nitrogen and oxygen atoms in total. The van der Waals surface area contributed by atoms with Crippen molar-refractivity contribution >= 4 is 23.4 Å². The zero-order valence-corrected chi connectivity index (χ0v) is 25.2. The molecule has 1 spiro atoms. The monoisotopic (exact) mass is 596 g/mol. The van der Waals surface area contributed by atoms with Crippen molar-refractivity contribution in [2.75, 3.05) is 61.5 Å². The Morgan fingerprint density at radius 1 is 1.00 bits per heavy atom. The third kappa shape index (κ3) is 4.81. The molecular formula is C33H40N8O3. The molecule has 2 aliphatic carbocycles. The number of hydrogen-bond acceptors (Lipinski definition) is 11. The maximum absolute atomic E-state index is 11.8. The standard InChI is InChI=1S/C33H40N8O3/c1-44-31(43)22-15-33(16-22)13-21(14-33)23-17-35-32(36-18-23)39-8-6-24(7-9-39)40-10-11-41-25(20-40)19-34-30-28(41)12-27(37-38-30)26-4-2-3-5-29(26)42/h2-5,12,17-18,21-22,24-25,42H,6-11,13-16,19-20H2,1H3,(H,34,38)/t21?,22?,25-,33?/m0/s1. The molecule has 230 valence electrons. The number of piperazine rings is 1. The van der Waals surface area contributed by atoms with E-state index in [1.54, 1.807) is 6.07 Å². The highest BCUT2D eigenvalue weighted by Crippen LogP contribution is 2.64. The van der Waals surface area contributed by atoms with E-state index < -0.39 is 0 Å². The van der Waals surface area contributed by atoms with Gasteiger partial charge in [0.15, 0.2) is 5.82 Å². The highest BCUT2D eigenvalue weighted by Gasteiger charge is 2.55. The van der Waals surface area contributed by atoms with Crippen LogP contribution in [0.3, 0.4) is 0 Å². The molecule has 44 heavy (non-hydrogen) atoms. The highest BCUT2D eigenvalue weighted by molar-refractivity contribution is 5.76. The zero-order valence-electron chi connectivity index (χ0n) is 25.2. The van der Waals surface area contributed by atoms with Gasteiger partial charge in [-0.15, -0.1) is 10.2 Å². The lowest BCUT2D eigenvalue weighted by Crippen LogP contribution is -2.61. The van der Waals surface area contributed by atoms with E-state index in [-0.39, 0.29) is 17.6 Å². The van der Waals surface area contributed by atoms with Crippen molar-refractivity contribution < 1.29 is 14.6 Å². The zero-order chi connectivity index (χ0) is 29.8. The van der Waals surface area contributed by atoms with Crippen molar-refractivity contribution in [2.24, 2.45) is 11.3 Å². The van der Waals surface area contributed by atoms with E-state index in [9.17, 15) is 9.90 Å². The number of carbonyl (C=O) groups is 1. The minimum atomic E-state index is -0.0509. The van der Waals surface area contributed by atoms with Gasteiger partial charge in [0.2, 0.25) is 5.95 Å².